The summed E-state index contributed by atoms with van der Waals surface area (Å²) >= 11 is 7.28. The molecule has 0 spiro atoms. The Kier molecular flexibility index (Phi) is 13.6. The first-order valence-electron chi connectivity index (χ1n) is 20.0. The molecule has 296 valence electrons. The summed E-state index contributed by atoms with van der Waals surface area (Å²) in [6, 6.07) is 22.5. The van der Waals surface area contributed by atoms with Crippen molar-refractivity contribution in [2.24, 2.45) is 11.3 Å². The highest BCUT2D eigenvalue weighted by molar-refractivity contribution is 6.32. The molecule has 0 fully saturated rings. The highest BCUT2D eigenvalue weighted by atomic mass is 35.5. The van der Waals surface area contributed by atoms with E-state index in [-0.39, 0.29) is 40.1 Å². The lowest BCUT2D eigenvalue weighted by molar-refractivity contribution is -0.118. The zero-order valence-corrected chi connectivity index (χ0v) is 35.3. The van der Waals surface area contributed by atoms with E-state index in [2.05, 4.69) is 82.0 Å². The summed E-state index contributed by atoms with van der Waals surface area (Å²) < 4.78 is 6.00. The Morgan fingerprint density at radius 3 is 2.28 bits per heavy atom. The number of hydrogen-bond donors (Lipinski definition) is 1. The Balaban J connectivity index is 1.39. The number of hydrogen-bond acceptors (Lipinski definition) is 7. The fourth-order valence-electron chi connectivity index (χ4n) is 8.15. The number of para-hydroxylation sites is 1. The number of fused-ring (bicyclic) bond motifs is 1. The number of benzene rings is 2. The van der Waals surface area contributed by atoms with E-state index in [4.69, 9.17) is 21.4 Å². The van der Waals surface area contributed by atoms with Crippen LogP contribution < -0.4 is 4.90 Å². The summed E-state index contributed by atoms with van der Waals surface area (Å²) in [5.41, 5.74) is 7.21. The van der Waals surface area contributed by atoms with Crippen molar-refractivity contribution >= 4 is 23.1 Å². The number of allylic oxidation sites excluding steroid dienone is 9. The molecule has 2 heterocycles. The van der Waals surface area contributed by atoms with E-state index in [0.29, 0.717) is 35.8 Å². The minimum Gasteiger partial charge on any atom is -0.480 e. The molecule has 2 aliphatic heterocycles. The van der Waals surface area contributed by atoms with E-state index in [1.807, 2.05) is 62.4 Å². The highest BCUT2D eigenvalue weighted by Gasteiger charge is 2.41. The first-order chi connectivity index (χ1) is 27.0. The van der Waals surface area contributed by atoms with Crippen LogP contribution in [0.1, 0.15) is 104 Å². The topological polar surface area (TPSA) is 121 Å². The summed E-state index contributed by atoms with van der Waals surface area (Å²) in [6.07, 6.45) is 14.2. The fraction of sp³-hybridized carbons (Fsp3) is 0.429. The number of ketones is 1. The lowest BCUT2D eigenvalue weighted by Gasteiger charge is -2.36. The molecule has 2 aromatic carbocycles. The van der Waals surface area contributed by atoms with Gasteiger partial charge in [-0.15, -0.1) is 0 Å². The monoisotopic (exact) mass is 782 g/mol. The molecule has 0 aromatic heterocycles. The quantitative estimate of drug-likeness (QED) is 0.159. The molecule has 0 saturated heterocycles. The van der Waals surface area contributed by atoms with Crippen LogP contribution in [0.4, 0.5) is 5.69 Å². The molecule has 1 aliphatic carbocycles. The smallest absolute Gasteiger partial charge is 0.172 e. The molecule has 7 nitrogen and oxygen atoms in total. The normalized spacial score (nSPS) is 20.1. The molecule has 57 heavy (non-hydrogen) atoms. The molecule has 5 rings (SSSR count). The number of carbonyl (C=O) groups excluding carboxylic acids is 1. The molecule has 3 aliphatic rings. The van der Waals surface area contributed by atoms with Gasteiger partial charge in [-0.2, -0.15) is 15.8 Å². The van der Waals surface area contributed by atoms with Crippen LogP contribution >= 0.6 is 11.6 Å². The SMILES string of the molecule is CC1(C)OC(=C(C#N)C#N)C(C#N)=C1/C=C/C1=C(Cl)C(=C/C=C2/N(CCCCCC(=O)Cc3ccc(CCO)cc3)c3ccccc3C2(C)C)/CC(C(C)(C)C)C1. The third kappa shape index (κ3) is 9.71. The Bertz CT molecular complexity index is 2170. The average molecular weight is 783 g/mol. The standard InChI is InChI=1S/C49H55ClN4O3/c1-47(2,3)38-28-35(20-22-41-40(32-53)46(37(30-51)31-52)57-49(41,6)7)45(50)36(29-38)21-23-44-48(4,5)42-14-10-11-15-43(42)54(44)25-12-8-9-13-39(56)27-34-18-16-33(17-19-34)24-26-55/h10-11,14-23,38,55H,8-9,12-13,24-29H2,1-7H3/b22-20+,36-21+,44-23+. The molecule has 0 amide bonds. The minimum absolute atomic E-state index is 0.00134. The van der Waals surface area contributed by atoms with Gasteiger partial charge < -0.3 is 14.7 Å². The lowest BCUT2D eigenvalue weighted by atomic mass is 9.70. The lowest BCUT2D eigenvalue weighted by Crippen LogP contribution is -2.27. The minimum atomic E-state index is -0.916. The zero-order chi connectivity index (χ0) is 41.5. The maximum atomic E-state index is 12.8. The van der Waals surface area contributed by atoms with Crippen molar-refractivity contribution in [2.45, 2.75) is 111 Å². The number of halogens is 1. The predicted molar refractivity (Wildman–Crippen MR) is 228 cm³/mol. The van der Waals surface area contributed by atoms with Gasteiger partial charge in [0.2, 0.25) is 0 Å². The van der Waals surface area contributed by atoms with E-state index in [1.54, 1.807) is 0 Å². The molecule has 0 bridgehead atoms. The Labute approximate surface area is 344 Å². The number of rotatable bonds is 13. The number of aliphatic hydroxyl groups is 1. The van der Waals surface area contributed by atoms with Crippen molar-refractivity contribution in [2.75, 3.05) is 18.1 Å². The highest BCUT2D eigenvalue weighted by Crippen LogP contribution is 2.49. The molecule has 0 saturated carbocycles. The third-order valence-corrected chi connectivity index (χ3v) is 12.1. The van der Waals surface area contributed by atoms with Crippen LogP contribution in [-0.2, 0) is 27.8 Å². The van der Waals surface area contributed by atoms with Crippen LogP contribution in [0.3, 0.4) is 0 Å². The summed E-state index contributed by atoms with van der Waals surface area (Å²) in [4.78, 5) is 15.2. The zero-order valence-electron chi connectivity index (χ0n) is 34.5. The second-order valence-electron chi connectivity index (χ2n) is 17.4. The van der Waals surface area contributed by atoms with Crippen molar-refractivity contribution in [1.82, 2.24) is 0 Å². The predicted octanol–water partition coefficient (Wildman–Crippen LogP) is 10.9. The number of Topliss-reactive ketones (excluding diaryl/α,β-unsaturated/α-hetero) is 1. The maximum absolute atomic E-state index is 12.8. The van der Waals surface area contributed by atoms with E-state index < -0.39 is 5.60 Å². The van der Waals surface area contributed by atoms with Crippen LogP contribution in [0.2, 0.25) is 0 Å². The van der Waals surface area contributed by atoms with Gasteiger partial charge in [0.15, 0.2) is 11.3 Å². The summed E-state index contributed by atoms with van der Waals surface area (Å²) in [7, 11) is 0. The van der Waals surface area contributed by atoms with Gasteiger partial charge in [0.25, 0.3) is 0 Å². The Morgan fingerprint density at radius 2 is 1.63 bits per heavy atom. The van der Waals surface area contributed by atoms with Crippen molar-refractivity contribution < 1.29 is 14.6 Å². The Morgan fingerprint density at radius 1 is 0.947 bits per heavy atom. The number of carbonyl (C=O) groups is 1. The van der Waals surface area contributed by atoms with E-state index in [1.165, 1.54) is 16.9 Å². The number of nitriles is 3. The van der Waals surface area contributed by atoms with Crippen LogP contribution in [0, 0.1) is 45.3 Å². The number of ether oxygens (including phenoxy) is 1. The van der Waals surface area contributed by atoms with E-state index >= 15 is 0 Å². The summed E-state index contributed by atoms with van der Waals surface area (Å²) in [5.74, 6) is 0.575. The molecule has 1 unspecified atom stereocenters. The first kappa shape index (κ1) is 43.0. The third-order valence-electron chi connectivity index (χ3n) is 11.6. The summed E-state index contributed by atoms with van der Waals surface area (Å²) in [6.45, 7) is 15.9. The van der Waals surface area contributed by atoms with Gasteiger partial charge in [-0.3, -0.25) is 4.79 Å². The van der Waals surface area contributed by atoms with Crippen LogP contribution in [-0.4, -0.2) is 29.6 Å². The van der Waals surface area contributed by atoms with Gasteiger partial charge in [-0.05, 0) is 97.3 Å². The van der Waals surface area contributed by atoms with Gasteiger partial charge in [0.1, 0.15) is 35.2 Å². The van der Waals surface area contributed by atoms with Gasteiger partial charge in [-0.25, -0.2) is 0 Å². The van der Waals surface area contributed by atoms with Crippen molar-refractivity contribution in [3.05, 3.63) is 134 Å². The van der Waals surface area contributed by atoms with Crippen molar-refractivity contribution in [3.63, 3.8) is 0 Å². The molecule has 2 aromatic rings. The van der Waals surface area contributed by atoms with Crippen molar-refractivity contribution in [1.29, 1.82) is 15.8 Å². The van der Waals surface area contributed by atoms with E-state index in [9.17, 15) is 20.6 Å². The van der Waals surface area contributed by atoms with Gasteiger partial charge in [0, 0.05) is 53.4 Å². The van der Waals surface area contributed by atoms with Crippen LogP contribution in [0.25, 0.3) is 0 Å². The maximum Gasteiger partial charge on any atom is 0.172 e. The first-order valence-corrected chi connectivity index (χ1v) is 20.4. The largest absolute Gasteiger partial charge is 0.480 e. The molecule has 1 N–H and O–H groups in total. The molecule has 0 radical (unpaired) electrons. The fourth-order valence-corrected chi connectivity index (χ4v) is 8.43. The second-order valence-corrected chi connectivity index (χ2v) is 17.8. The van der Waals surface area contributed by atoms with Crippen LogP contribution in [0.5, 0.6) is 0 Å². The van der Waals surface area contributed by atoms with Crippen molar-refractivity contribution in [3.8, 4) is 18.2 Å². The van der Waals surface area contributed by atoms with E-state index in [0.717, 1.165) is 60.9 Å². The number of anilines is 1. The van der Waals surface area contributed by atoms with Gasteiger partial charge in [-0.1, -0.05) is 113 Å². The summed E-state index contributed by atoms with van der Waals surface area (Å²) in [5, 5.41) is 39.0. The number of aliphatic hydroxyl groups excluding tert-OH is 1. The van der Waals surface area contributed by atoms with Crippen LogP contribution in [0.15, 0.2) is 117 Å². The Hall–Kier alpha value is -5.13. The molecular weight excluding hydrogens is 728 g/mol. The molecule has 1 atom stereocenters. The molecule has 8 heteroatoms. The number of nitrogens with zero attached hydrogens (tertiary/aromatic N) is 4. The van der Waals surface area contributed by atoms with Gasteiger partial charge in [0.05, 0.1) is 0 Å². The van der Waals surface area contributed by atoms with Gasteiger partial charge >= 0.3 is 0 Å². The molecular formula is C49H55ClN4O3. The average Bonchev–Trinajstić information content (AvgIpc) is 3.55. The second kappa shape index (κ2) is 18.0. The number of unbranched alkanes of at least 4 members (excludes halogenated alkanes) is 2.